The predicted molar refractivity (Wildman–Crippen MR) is 63.2 cm³/mol. The highest BCUT2D eigenvalue weighted by atomic mass is 15.2. The fourth-order valence-electron chi connectivity index (χ4n) is 1.43. The molecular weight excluding hydrogens is 200 g/mol. The Labute approximate surface area is 94.5 Å². The van der Waals surface area contributed by atoms with Gasteiger partial charge in [-0.15, -0.1) is 10.2 Å². The molecule has 0 fully saturated rings. The van der Waals surface area contributed by atoms with E-state index in [1.807, 2.05) is 12.1 Å². The fraction of sp³-hybridized carbons (Fsp3) is 0.250. The summed E-state index contributed by atoms with van der Waals surface area (Å²) in [5, 5.41) is 8.05. The number of aromatic nitrogens is 2. The first kappa shape index (κ1) is 10.5. The van der Waals surface area contributed by atoms with Crippen LogP contribution in [0.2, 0.25) is 0 Å². The van der Waals surface area contributed by atoms with Gasteiger partial charge in [0.05, 0.1) is 5.69 Å². The largest absolute Gasteiger partial charge is 0.328 e. The third-order valence-corrected chi connectivity index (χ3v) is 2.22. The molecule has 0 unspecified atom stereocenters. The van der Waals surface area contributed by atoms with Crippen molar-refractivity contribution in [1.29, 1.82) is 0 Å². The van der Waals surface area contributed by atoms with Crippen LogP contribution < -0.4 is 0 Å². The van der Waals surface area contributed by atoms with E-state index in [0.717, 1.165) is 18.5 Å². The van der Waals surface area contributed by atoms with Gasteiger partial charge in [0.2, 0.25) is 5.95 Å². The fourth-order valence-corrected chi connectivity index (χ4v) is 1.43. The van der Waals surface area contributed by atoms with Crippen LogP contribution >= 0.6 is 0 Å². The average molecular weight is 214 g/mol. The molecule has 0 aliphatic rings. The monoisotopic (exact) mass is 214 g/mol. The Morgan fingerprint density at radius 1 is 1.19 bits per heavy atom. The first-order chi connectivity index (χ1) is 7.88. The lowest BCUT2D eigenvalue weighted by Crippen LogP contribution is -1.80. The van der Waals surface area contributed by atoms with Gasteiger partial charge in [-0.2, -0.15) is 0 Å². The van der Waals surface area contributed by atoms with Gasteiger partial charge in [-0.05, 0) is 24.1 Å². The molecule has 2 rings (SSSR count). The molecule has 2 aromatic rings. The second kappa shape index (κ2) is 5.21. The summed E-state index contributed by atoms with van der Waals surface area (Å²) < 4.78 is 0. The van der Waals surface area contributed by atoms with Crippen molar-refractivity contribution in [2.75, 3.05) is 0 Å². The SMILES string of the molecule is CCCc1ccc(N=Nc2ncc[nH]2)cc1. The summed E-state index contributed by atoms with van der Waals surface area (Å²) in [6.07, 6.45) is 5.64. The van der Waals surface area contributed by atoms with Crippen molar-refractivity contribution in [3.05, 3.63) is 42.2 Å². The molecular formula is C12H14N4. The summed E-state index contributed by atoms with van der Waals surface area (Å²) in [5.41, 5.74) is 2.18. The minimum Gasteiger partial charge on any atom is -0.328 e. The van der Waals surface area contributed by atoms with Gasteiger partial charge in [0.15, 0.2) is 0 Å². The predicted octanol–water partition coefficient (Wildman–Crippen LogP) is 3.78. The number of aryl methyl sites for hydroxylation is 1. The highest BCUT2D eigenvalue weighted by molar-refractivity contribution is 5.38. The van der Waals surface area contributed by atoms with Gasteiger partial charge in [-0.25, -0.2) is 4.98 Å². The Balaban J connectivity index is 2.05. The maximum atomic E-state index is 4.08. The third kappa shape index (κ3) is 2.76. The molecule has 1 N–H and O–H groups in total. The van der Waals surface area contributed by atoms with E-state index >= 15 is 0 Å². The molecule has 0 saturated carbocycles. The number of imidazole rings is 1. The molecule has 0 spiro atoms. The summed E-state index contributed by atoms with van der Waals surface area (Å²) in [5.74, 6) is 0.526. The average Bonchev–Trinajstić information content (AvgIpc) is 2.82. The van der Waals surface area contributed by atoms with E-state index in [9.17, 15) is 0 Å². The lowest BCUT2D eigenvalue weighted by molar-refractivity contribution is 0.921. The van der Waals surface area contributed by atoms with Crippen LogP contribution in [0.25, 0.3) is 0 Å². The van der Waals surface area contributed by atoms with E-state index in [-0.39, 0.29) is 0 Å². The maximum absolute atomic E-state index is 4.08. The van der Waals surface area contributed by atoms with Gasteiger partial charge >= 0.3 is 0 Å². The van der Waals surface area contributed by atoms with Crippen molar-refractivity contribution in [3.63, 3.8) is 0 Å². The lowest BCUT2D eigenvalue weighted by Gasteiger charge is -1.97. The van der Waals surface area contributed by atoms with Crippen LogP contribution in [0.3, 0.4) is 0 Å². The zero-order chi connectivity index (χ0) is 11.2. The molecule has 1 aromatic heterocycles. The van der Waals surface area contributed by atoms with Crippen molar-refractivity contribution < 1.29 is 0 Å². The Bertz CT molecular complexity index is 442. The van der Waals surface area contributed by atoms with Gasteiger partial charge in [-0.3, -0.25) is 0 Å². The van der Waals surface area contributed by atoms with Crippen LogP contribution in [0, 0.1) is 0 Å². The summed E-state index contributed by atoms with van der Waals surface area (Å²) in [6.45, 7) is 2.17. The number of rotatable bonds is 4. The topological polar surface area (TPSA) is 53.4 Å². The molecule has 82 valence electrons. The molecule has 0 saturated heterocycles. The normalized spacial score (nSPS) is 11.1. The smallest absolute Gasteiger partial charge is 0.246 e. The van der Waals surface area contributed by atoms with Crippen molar-refractivity contribution in [1.82, 2.24) is 9.97 Å². The number of hydrogen-bond donors (Lipinski definition) is 1. The minimum absolute atomic E-state index is 0.526. The molecule has 4 nitrogen and oxygen atoms in total. The summed E-state index contributed by atoms with van der Waals surface area (Å²) in [7, 11) is 0. The zero-order valence-electron chi connectivity index (χ0n) is 9.22. The molecule has 1 heterocycles. The molecule has 0 atom stereocenters. The van der Waals surface area contributed by atoms with Crippen molar-refractivity contribution in [2.24, 2.45) is 10.2 Å². The van der Waals surface area contributed by atoms with E-state index in [4.69, 9.17) is 0 Å². The van der Waals surface area contributed by atoms with Gasteiger partial charge in [0.1, 0.15) is 0 Å². The van der Waals surface area contributed by atoms with E-state index in [0.29, 0.717) is 5.95 Å². The minimum atomic E-state index is 0.526. The van der Waals surface area contributed by atoms with Gasteiger partial charge in [0, 0.05) is 12.4 Å². The number of benzene rings is 1. The van der Waals surface area contributed by atoms with Crippen molar-refractivity contribution in [2.45, 2.75) is 19.8 Å². The summed E-state index contributed by atoms with van der Waals surface area (Å²) in [4.78, 5) is 6.83. The van der Waals surface area contributed by atoms with Crippen LogP contribution in [0.15, 0.2) is 46.9 Å². The van der Waals surface area contributed by atoms with Gasteiger partial charge in [0.25, 0.3) is 0 Å². The number of hydrogen-bond acceptors (Lipinski definition) is 3. The van der Waals surface area contributed by atoms with E-state index in [2.05, 4.69) is 39.3 Å². The number of H-pyrrole nitrogens is 1. The Morgan fingerprint density at radius 3 is 2.62 bits per heavy atom. The van der Waals surface area contributed by atoms with Crippen LogP contribution in [0.1, 0.15) is 18.9 Å². The molecule has 0 aliphatic heterocycles. The van der Waals surface area contributed by atoms with Crippen molar-refractivity contribution in [3.8, 4) is 0 Å². The van der Waals surface area contributed by atoms with Crippen LogP contribution in [-0.2, 0) is 6.42 Å². The molecule has 0 bridgehead atoms. The Kier molecular flexibility index (Phi) is 3.43. The summed E-state index contributed by atoms with van der Waals surface area (Å²) >= 11 is 0. The quantitative estimate of drug-likeness (QED) is 0.773. The molecule has 1 aromatic carbocycles. The lowest BCUT2D eigenvalue weighted by atomic mass is 10.1. The first-order valence-electron chi connectivity index (χ1n) is 5.38. The number of nitrogens with zero attached hydrogens (tertiary/aromatic N) is 3. The number of aromatic amines is 1. The van der Waals surface area contributed by atoms with Crippen LogP contribution in [0.5, 0.6) is 0 Å². The molecule has 0 aliphatic carbocycles. The first-order valence-corrected chi connectivity index (χ1v) is 5.38. The molecule has 4 heteroatoms. The van der Waals surface area contributed by atoms with Crippen molar-refractivity contribution >= 4 is 11.6 Å². The third-order valence-electron chi connectivity index (χ3n) is 2.22. The molecule has 16 heavy (non-hydrogen) atoms. The van der Waals surface area contributed by atoms with E-state index in [1.54, 1.807) is 12.4 Å². The standard InChI is InChI=1S/C12H14N4/c1-2-3-10-4-6-11(7-5-10)15-16-12-13-8-9-14-12/h4-9H,2-3H2,1H3,(H,13,14). The molecule has 0 radical (unpaired) electrons. The highest BCUT2D eigenvalue weighted by Gasteiger charge is 1.93. The number of azo groups is 1. The van der Waals surface area contributed by atoms with Gasteiger partial charge < -0.3 is 4.98 Å². The van der Waals surface area contributed by atoms with E-state index < -0.39 is 0 Å². The molecule has 0 amide bonds. The zero-order valence-corrected chi connectivity index (χ0v) is 9.22. The van der Waals surface area contributed by atoms with Gasteiger partial charge in [-0.1, -0.05) is 25.5 Å². The van der Waals surface area contributed by atoms with Crippen LogP contribution in [0.4, 0.5) is 11.6 Å². The highest BCUT2D eigenvalue weighted by Crippen LogP contribution is 2.16. The summed E-state index contributed by atoms with van der Waals surface area (Å²) in [6, 6.07) is 8.11. The maximum Gasteiger partial charge on any atom is 0.246 e. The second-order valence-corrected chi connectivity index (χ2v) is 3.53. The number of nitrogens with one attached hydrogen (secondary N) is 1. The Morgan fingerprint density at radius 2 is 2.00 bits per heavy atom. The van der Waals surface area contributed by atoms with E-state index in [1.165, 1.54) is 5.56 Å². The second-order valence-electron chi connectivity index (χ2n) is 3.53. The Hall–Kier alpha value is -1.97. The van der Waals surface area contributed by atoms with Crippen LogP contribution in [-0.4, -0.2) is 9.97 Å².